The average molecular weight is 1000 g/mol. The molecular formula is C71H58N2O4. The van der Waals surface area contributed by atoms with Crippen molar-refractivity contribution < 1.29 is 19.8 Å². The highest BCUT2D eigenvalue weighted by Crippen LogP contribution is 2.41. The molecule has 0 fully saturated rings. The van der Waals surface area contributed by atoms with Crippen LogP contribution in [0.4, 0.5) is 0 Å². The smallest absolute Gasteiger partial charge is 0.230 e. The molecule has 6 heteroatoms. The highest BCUT2D eigenvalue weighted by Gasteiger charge is 2.43. The van der Waals surface area contributed by atoms with Gasteiger partial charge in [-0.3, -0.25) is 9.59 Å². The van der Waals surface area contributed by atoms with E-state index in [2.05, 4.69) is 108 Å². The van der Waals surface area contributed by atoms with Crippen molar-refractivity contribution in [3.8, 4) is 0 Å². The fourth-order valence-electron chi connectivity index (χ4n) is 12.2. The van der Waals surface area contributed by atoms with Crippen molar-refractivity contribution >= 4 is 76.4 Å². The average Bonchev–Trinajstić information content (AvgIpc) is 3.50. The predicted molar refractivity (Wildman–Crippen MR) is 315 cm³/mol. The van der Waals surface area contributed by atoms with Crippen LogP contribution in [0.5, 0.6) is 0 Å². The van der Waals surface area contributed by atoms with E-state index >= 15 is 9.59 Å². The molecule has 0 aliphatic heterocycles. The summed E-state index contributed by atoms with van der Waals surface area (Å²) in [6.07, 6.45) is 0.125. The fourth-order valence-corrected chi connectivity index (χ4v) is 12.2. The quantitative estimate of drug-likeness (QED) is 0.0725. The van der Waals surface area contributed by atoms with Gasteiger partial charge in [-0.1, -0.05) is 255 Å². The molecule has 376 valence electrons. The lowest BCUT2D eigenvalue weighted by atomic mass is 9.76. The zero-order chi connectivity index (χ0) is 52.3. The molecule has 6 nitrogen and oxygen atoms in total. The van der Waals surface area contributed by atoms with E-state index in [-0.39, 0.29) is 25.7 Å². The summed E-state index contributed by atoms with van der Waals surface area (Å²) in [7, 11) is 0. The van der Waals surface area contributed by atoms with E-state index in [9.17, 15) is 10.2 Å². The third-order valence-corrected chi connectivity index (χ3v) is 15.8. The molecule has 0 aliphatic rings. The van der Waals surface area contributed by atoms with Crippen molar-refractivity contribution in [1.29, 1.82) is 0 Å². The number of amides is 2. The van der Waals surface area contributed by atoms with Crippen molar-refractivity contribution in [2.24, 2.45) is 0 Å². The molecule has 12 aromatic carbocycles. The monoisotopic (exact) mass is 1000 g/mol. The van der Waals surface area contributed by atoms with Gasteiger partial charge >= 0.3 is 0 Å². The summed E-state index contributed by atoms with van der Waals surface area (Å²) < 4.78 is 0. The van der Waals surface area contributed by atoms with Crippen LogP contribution in [0.15, 0.2) is 255 Å². The molecule has 4 N–H and O–H groups in total. The van der Waals surface area contributed by atoms with Crippen LogP contribution in [0, 0.1) is 0 Å². The van der Waals surface area contributed by atoms with Gasteiger partial charge in [0.05, 0.1) is 23.3 Å². The van der Waals surface area contributed by atoms with E-state index in [1.807, 2.05) is 158 Å². The third-order valence-electron chi connectivity index (χ3n) is 15.8. The Balaban J connectivity index is 0.963. The Labute approximate surface area is 448 Å². The van der Waals surface area contributed by atoms with Gasteiger partial charge in [-0.15, -0.1) is 0 Å². The summed E-state index contributed by atoms with van der Waals surface area (Å²) in [6, 6.07) is 83.2. The molecule has 0 aliphatic carbocycles. The van der Waals surface area contributed by atoms with Crippen LogP contribution in [0.25, 0.3) is 64.6 Å². The number of fused-ring (bicyclic) bond motifs is 6. The van der Waals surface area contributed by atoms with Crippen LogP contribution in [-0.2, 0) is 35.3 Å². The van der Waals surface area contributed by atoms with Crippen LogP contribution in [-0.4, -0.2) is 33.2 Å². The zero-order valence-electron chi connectivity index (χ0n) is 42.6. The van der Waals surface area contributed by atoms with Crippen molar-refractivity contribution in [1.82, 2.24) is 10.6 Å². The molecule has 2 atom stereocenters. The largest absolute Gasteiger partial charge is 0.387 e. The van der Waals surface area contributed by atoms with Gasteiger partial charge in [0.2, 0.25) is 11.8 Å². The number of carbonyl (C=O) groups excluding carboxylic acids is 2. The van der Waals surface area contributed by atoms with Crippen molar-refractivity contribution in [2.45, 2.75) is 55.4 Å². The van der Waals surface area contributed by atoms with Gasteiger partial charge in [0.25, 0.3) is 0 Å². The summed E-state index contributed by atoms with van der Waals surface area (Å²) in [5, 5.41) is 46.5. The molecule has 0 saturated heterocycles. The van der Waals surface area contributed by atoms with Crippen molar-refractivity contribution in [3.05, 3.63) is 288 Å². The molecule has 0 aromatic heterocycles. The highest BCUT2D eigenvalue weighted by atomic mass is 16.3. The number of benzene rings is 12. The van der Waals surface area contributed by atoms with Gasteiger partial charge < -0.3 is 20.8 Å². The summed E-state index contributed by atoms with van der Waals surface area (Å²) >= 11 is 0. The summed E-state index contributed by atoms with van der Waals surface area (Å²) in [5.41, 5.74) is 1.88. The number of nitrogens with one attached hydrogen (secondary N) is 2. The second kappa shape index (κ2) is 21.0. The van der Waals surface area contributed by atoms with Gasteiger partial charge in [-0.05, 0) is 98.0 Å². The summed E-state index contributed by atoms with van der Waals surface area (Å²) in [4.78, 5) is 30.5. The van der Waals surface area contributed by atoms with Crippen LogP contribution in [0.3, 0.4) is 0 Å². The number of aliphatic hydroxyl groups is 2. The molecule has 0 heterocycles. The van der Waals surface area contributed by atoms with Gasteiger partial charge in [0.1, 0.15) is 6.42 Å². The zero-order valence-corrected chi connectivity index (χ0v) is 42.6. The van der Waals surface area contributed by atoms with Crippen LogP contribution >= 0.6 is 0 Å². The summed E-state index contributed by atoms with van der Waals surface area (Å²) in [5.74, 6) is -1.14. The molecule has 0 radical (unpaired) electrons. The first kappa shape index (κ1) is 49.0. The number of rotatable bonds is 16. The van der Waals surface area contributed by atoms with Crippen LogP contribution < -0.4 is 10.6 Å². The summed E-state index contributed by atoms with van der Waals surface area (Å²) in [6.45, 7) is 0. The highest BCUT2D eigenvalue weighted by molar-refractivity contribution is 5.98. The minimum absolute atomic E-state index is 0.177. The Morgan fingerprint density at radius 1 is 0.299 bits per heavy atom. The second-order valence-electron chi connectivity index (χ2n) is 20.8. The van der Waals surface area contributed by atoms with Gasteiger partial charge in [-0.2, -0.15) is 0 Å². The normalized spacial score (nSPS) is 12.8. The Morgan fingerprint density at radius 2 is 0.519 bits per heavy atom. The van der Waals surface area contributed by atoms with E-state index in [1.165, 1.54) is 0 Å². The van der Waals surface area contributed by atoms with E-state index in [4.69, 9.17) is 0 Å². The van der Waals surface area contributed by atoms with E-state index in [1.54, 1.807) is 0 Å². The molecule has 12 aromatic rings. The van der Waals surface area contributed by atoms with Gasteiger partial charge in [-0.25, -0.2) is 0 Å². The molecule has 0 bridgehead atoms. The second-order valence-corrected chi connectivity index (χ2v) is 20.8. The van der Waals surface area contributed by atoms with Crippen molar-refractivity contribution in [3.63, 3.8) is 0 Å². The minimum atomic E-state index is -1.65. The van der Waals surface area contributed by atoms with E-state index < -0.39 is 41.5 Å². The van der Waals surface area contributed by atoms with E-state index in [0.717, 1.165) is 98.0 Å². The van der Waals surface area contributed by atoms with Gasteiger partial charge in [0, 0.05) is 25.7 Å². The standard InChI is InChI=1S/C71H58N2O4/c74-66(72-68(64-41-17-29-52-23-5-11-39-62(52)64)70(76,44-54-31-13-25-48-19-1-7-35-58(48)54)45-55-32-14-26-49-20-2-8-36-59(49)55)43-67(75)73-69(65-42-18-30-53-24-6-12-40-63(53)65)71(77,46-56-33-15-27-50-21-3-9-37-60(50)56)47-57-34-16-28-51-22-4-10-38-61(51)57/h1-42,68-69,76-77H,43-47H2,(H,72,74)(H,73,75)/t68-,69-/m0/s1. The minimum Gasteiger partial charge on any atom is -0.387 e. The fraction of sp³-hybridized carbons (Fsp3) is 0.127. The Kier molecular flexibility index (Phi) is 13.4. The third kappa shape index (κ3) is 9.93. The molecule has 0 saturated carbocycles. The first-order valence-corrected chi connectivity index (χ1v) is 26.6. The topological polar surface area (TPSA) is 98.7 Å². The van der Waals surface area contributed by atoms with Crippen LogP contribution in [0.1, 0.15) is 51.9 Å². The molecule has 0 unspecified atom stereocenters. The Morgan fingerprint density at radius 3 is 0.805 bits per heavy atom. The molecule has 77 heavy (non-hydrogen) atoms. The molecule has 2 amide bonds. The molecule has 0 spiro atoms. The first-order valence-electron chi connectivity index (χ1n) is 26.6. The Hall–Kier alpha value is -8.94. The number of hydrogen-bond acceptors (Lipinski definition) is 4. The molecular weight excluding hydrogens is 945 g/mol. The molecule has 12 rings (SSSR count). The number of carbonyl (C=O) groups is 2. The van der Waals surface area contributed by atoms with Gasteiger partial charge in [0.15, 0.2) is 0 Å². The van der Waals surface area contributed by atoms with E-state index in [0.29, 0.717) is 0 Å². The van der Waals surface area contributed by atoms with Crippen LogP contribution in [0.2, 0.25) is 0 Å². The maximum absolute atomic E-state index is 15.3. The maximum Gasteiger partial charge on any atom is 0.230 e. The van der Waals surface area contributed by atoms with Crippen molar-refractivity contribution in [2.75, 3.05) is 0 Å². The Bertz CT molecular complexity index is 3700. The lowest BCUT2D eigenvalue weighted by molar-refractivity contribution is -0.133. The number of hydrogen-bond donors (Lipinski definition) is 4. The predicted octanol–water partition coefficient (Wildman–Crippen LogP) is 14.4. The SMILES string of the molecule is O=C(CC(=O)N[C@@H](c1cccc2ccccc12)C(O)(Cc1cccc2ccccc12)Cc1cccc2ccccc12)N[C@@H](c1cccc2ccccc12)C(O)(Cc1cccc2ccccc12)Cc1cccc2ccccc12. The lowest BCUT2D eigenvalue weighted by Gasteiger charge is -2.39. The first-order chi connectivity index (χ1) is 37.7. The maximum atomic E-state index is 15.3. The lowest BCUT2D eigenvalue weighted by Crippen LogP contribution is -2.51.